The molecule has 2 nitrogen and oxygen atoms in total. The zero-order valence-corrected chi connectivity index (χ0v) is 15.5. The minimum Gasteiger partial charge on any atom is -0.392 e. The molecule has 0 aliphatic heterocycles. The lowest BCUT2D eigenvalue weighted by Crippen LogP contribution is -1.95. The van der Waals surface area contributed by atoms with Gasteiger partial charge in [0.25, 0.3) is 0 Å². The van der Waals surface area contributed by atoms with Gasteiger partial charge in [-0.1, -0.05) is 91.0 Å². The fourth-order valence-electron chi connectivity index (χ4n) is 3.57. The Hall–Kier alpha value is -3.20. The molecule has 0 unspecified atom stereocenters. The van der Waals surface area contributed by atoms with Crippen LogP contribution in [0.2, 0.25) is 0 Å². The third-order valence-corrected chi connectivity index (χ3v) is 5.08. The van der Waals surface area contributed by atoms with E-state index in [0.29, 0.717) is 0 Å². The van der Waals surface area contributed by atoms with Crippen LogP contribution in [0, 0.1) is 0 Å². The van der Waals surface area contributed by atoms with Gasteiger partial charge in [-0.15, -0.1) is 0 Å². The molecule has 0 fully saturated rings. The van der Waals surface area contributed by atoms with Gasteiger partial charge in [-0.05, 0) is 50.6 Å². The van der Waals surface area contributed by atoms with Crippen LogP contribution in [0.1, 0.15) is 11.1 Å². The number of aliphatic hydroxyl groups is 2. The molecular formula is C26H22O2. The molecule has 0 aromatic heterocycles. The first-order valence-electron chi connectivity index (χ1n) is 9.39. The van der Waals surface area contributed by atoms with Crippen LogP contribution in [0.5, 0.6) is 0 Å². The van der Waals surface area contributed by atoms with E-state index in [9.17, 15) is 10.2 Å². The number of aliphatic hydroxyl groups excluding tert-OH is 2. The lowest BCUT2D eigenvalue weighted by Gasteiger charge is -2.14. The molecule has 0 amide bonds. The van der Waals surface area contributed by atoms with Crippen molar-refractivity contribution in [2.24, 2.45) is 0 Å². The second kappa shape index (κ2) is 8.22. The molecule has 0 radical (unpaired) electrons. The molecule has 2 heteroatoms. The van der Waals surface area contributed by atoms with E-state index in [1.807, 2.05) is 54.6 Å². The van der Waals surface area contributed by atoms with Crippen LogP contribution in [-0.2, 0) is 13.2 Å². The second-order valence-electron chi connectivity index (χ2n) is 6.79. The largest absolute Gasteiger partial charge is 0.392 e. The molecule has 28 heavy (non-hydrogen) atoms. The first kappa shape index (κ1) is 18.2. The first-order chi connectivity index (χ1) is 13.8. The summed E-state index contributed by atoms with van der Waals surface area (Å²) in [6, 6.07) is 32.7. The van der Waals surface area contributed by atoms with Crippen LogP contribution in [0.15, 0.2) is 97.1 Å². The van der Waals surface area contributed by atoms with Gasteiger partial charge in [-0.2, -0.15) is 0 Å². The SMILES string of the molecule is OCc1ccccc1-c1ccc(-c2ccc(-c3ccccc3)cc2)cc1CO. The Morgan fingerprint density at radius 1 is 0.429 bits per heavy atom. The highest BCUT2D eigenvalue weighted by Gasteiger charge is 2.10. The molecular weight excluding hydrogens is 344 g/mol. The van der Waals surface area contributed by atoms with E-state index in [0.717, 1.165) is 33.4 Å². The molecule has 0 aliphatic rings. The van der Waals surface area contributed by atoms with Gasteiger partial charge in [0.1, 0.15) is 0 Å². The van der Waals surface area contributed by atoms with E-state index in [-0.39, 0.29) is 13.2 Å². The van der Waals surface area contributed by atoms with E-state index in [2.05, 4.69) is 42.5 Å². The van der Waals surface area contributed by atoms with Crippen molar-refractivity contribution in [1.82, 2.24) is 0 Å². The van der Waals surface area contributed by atoms with Crippen molar-refractivity contribution in [2.45, 2.75) is 13.2 Å². The highest BCUT2D eigenvalue weighted by molar-refractivity contribution is 5.76. The highest BCUT2D eigenvalue weighted by Crippen LogP contribution is 2.32. The summed E-state index contributed by atoms with van der Waals surface area (Å²) in [5.74, 6) is 0. The van der Waals surface area contributed by atoms with E-state index in [1.165, 1.54) is 11.1 Å². The fraction of sp³-hybridized carbons (Fsp3) is 0.0769. The second-order valence-corrected chi connectivity index (χ2v) is 6.79. The third-order valence-electron chi connectivity index (χ3n) is 5.08. The van der Waals surface area contributed by atoms with Crippen LogP contribution >= 0.6 is 0 Å². The van der Waals surface area contributed by atoms with Crippen molar-refractivity contribution in [2.75, 3.05) is 0 Å². The van der Waals surface area contributed by atoms with Crippen molar-refractivity contribution >= 4 is 0 Å². The Bertz CT molecular complexity index is 1070. The summed E-state index contributed by atoms with van der Waals surface area (Å²) in [6.45, 7) is -0.0746. The van der Waals surface area contributed by atoms with Gasteiger partial charge >= 0.3 is 0 Å². The summed E-state index contributed by atoms with van der Waals surface area (Å²) >= 11 is 0. The molecule has 0 spiro atoms. The van der Waals surface area contributed by atoms with Gasteiger partial charge in [0.05, 0.1) is 13.2 Å². The summed E-state index contributed by atoms with van der Waals surface area (Å²) in [5, 5.41) is 19.6. The van der Waals surface area contributed by atoms with E-state index in [4.69, 9.17) is 0 Å². The van der Waals surface area contributed by atoms with E-state index < -0.39 is 0 Å². The molecule has 4 aromatic carbocycles. The Kier molecular flexibility index (Phi) is 5.34. The summed E-state index contributed by atoms with van der Waals surface area (Å²) in [7, 11) is 0. The molecule has 138 valence electrons. The fourth-order valence-corrected chi connectivity index (χ4v) is 3.57. The highest BCUT2D eigenvalue weighted by atomic mass is 16.3. The zero-order valence-electron chi connectivity index (χ0n) is 15.5. The smallest absolute Gasteiger partial charge is 0.0688 e. The molecule has 0 bridgehead atoms. The molecule has 4 rings (SSSR count). The molecule has 0 saturated heterocycles. The maximum atomic E-state index is 9.94. The third kappa shape index (κ3) is 3.61. The molecule has 0 atom stereocenters. The monoisotopic (exact) mass is 366 g/mol. The van der Waals surface area contributed by atoms with Crippen LogP contribution in [-0.4, -0.2) is 10.2 Å². The maximum Gasteiger partial charge on any atom is 0.0688 e. The predicted octanol–water partition coefficient (Wildman–Crippen LogP) is 5.67. The zero-order chi connectivity index (χ0) is 19.3. The number of hydrogen-bond donors (Lipinski definition) is 2. The Labute approximate surface area is 165 Å². The topological polar surface area (TPSA) is 40.5 Å². The summed E-state index contributed by atoms with van der Waals surface area (Å²) < 4.78 is 0. The van der Waals surface area contributed by atoms with Crippen molar-refractivity contribution in [3.8, 4) is 33.4 Å². The number of benzene rings is 4. The lowest BCUT2D eigenvalue weighted by atomic mass is 9.92. The average Bonchev–Trinajstić information content (AvgIpc) is 2.79. The van der Waals surface area contributed by atoms with E-state index in [1.54, 1.807) is 0 Å². The average molecular weight is 366 g/mol. The predicted molar refractivity (Wildman–Crippen MR) is 115 cm³/mol. The molecule has 0 aliphatic carbocycles. The Balaban J connectivity index is 1.70. The van der Waals surface area contributed by atoms with Crippen LogP contribution < -0.4 is 0 Å². The van der Waals surface area contributed by atoms with Gasteiger partial charge in [-0.25, -0.2) is 0 Å². The maximum absolute atomic E-state index is 9.94. The molecule has 4 aromatic rings. The van der Waals surface area contributed by atoms with Gasteiger partial charge in [0.15, 0.2) is 0 Å². The first-order valence-corrected chi connectivity index (χ1v) is 9.39. The van der Waals surface area contributed by atoms with E-state index >= 15 is 0 Å². The lowest BCUT2D eigenvalue weighted by molar-refractivity contribution is 0.280. The van der Waals surface area contributed by atoms with Gasteiger partial charge in [-0.3, -0.25) is 0 Å². The quantitative estimate of drug-likeness (QED) is 0.477. The van der Waals surface area contributed by atoms with Crippen LogP contribution in [0.25, 0.3) is 33.4 Å². The number of hydrogen-bond acceptors (Lipinski definition) is 2. The van der Waals surface area contributed by atoms with Crippen LogP contribution in [0.4, 0.5) is 0 Å². The minimum atomic E-state index is -0.0506. The molecule has 0 heterocycles. The standard InChI is InChI=1S/C26H22O2/c27-17-23-8-4-5-9-25(23)26-15-14-22(16-24(26)18-28)21-12-10-20(11-13-21)19-6-2-1-3-7-19/h1-16,27-28H,17-18H2. The summed E-state index contributed by atoms with van der Waals surface area (Å²) in [4.78, 5) is 0. The Morgan fingerprint density at radius 2 is 0.929 bits per heavy atom. The van der Waals surface area contributed by atoms with Crippen molar-refractivity contribution < 1.29 is 10.2 Å². The van der Waals surface area contributed by atoms with Crippen molar-refractivity contribution in [1.29, 1.82) is 0 Å². The van der Waals surface area contributed by atoms with Crippen LogP contribution in [0.3, 0.4) is 0 Å². The summed E-state index contributed by atoms with van der Waals surface area (Å²) in [6.07, 6.45) is 0. The van der Waals surface area contributed by atoms with Crippen molar-refractivity contribution in [3.05, 3.63) is 108 Å². The number of rotatable bonds is 5. The Morgan fingerprint density at radius 3 is 1.61 bits per heavy atom. The molecule has 0 saturated carbocycles. The normalized spacial score (nSPS) is 10.8. The van der Waals surface area contributed by atoms with Crippen molar-refractivity contribution in [3.63, 3.8) is 0 Å². The summed E-state index contributed by atoms with van der Waals surface area (Å²) in [5.41, 5.74) is 8.17. The van der Waals surface area contributed by atoms with Gasteiger partial charge < -0.3 is 10.2 Å². The van der Waals surface area contributed by atoms with Gasteiger partial charge in [0, 0.05) is 0 Å². The minimum absolute atomic E-state index is 0.0241. The van der Waals surface area contributed by atoms with Gasteiger partial charge in [0.2, 0.25) is 0 Å². The molecule has 2 N–H and O–H groups in total.